The Kier molecular flexibility index (Phi) is 9.20. The average Bonchev–Trinajstić information content (AvgIpc) is 2.98. The number of benzene rings is 3. The molecule has 5 rings (SSSR count). The van der Waals surface area contributed by atoms with E-state index in [-0.39, 0.29) is 24.7 Å². The highest BCUT2D eigenvalue weighted by molar-refractivity contribution is 6.30. The number of nitrogens with one attached hydrogen (secondary N) is 1. The average molecular weight is 565 g/mol. The molecule has 1 amide bonds. The molecule has 3 atom stereocenters. The number of carbonyl (C=O) groups is 1. The Bertz CT molecular complexity index is 1260. The van der Waals surface area contributed by atoms with E-state index in [1.807, 2.05) is 72.8 Å². The van der Waals surface area contributed by atoms with E-state index in [1.54, 1.807) is 0 Å². The minimum absolute atomic E-state index is 0.00231. The minimum atomic E-state index is -0.851. The SMILES string of the molecule is CC(=O)NCc1ccc([C@H]2O[C@@H](CN3CCC(O)(c4ccc(Cl)cc4)CC3)C[C@@H](c3ccc(CO)cc3)O2)cc1. The summed E-state index contributed by atoms with van der Waals surface area (Å²) in [5.74, 6) is -0.0646. The molecule has 7 nitrogen and oxygen atoms in total. The number of nitrogens with zero attached hydrogens (tertiary/aromatic N) is 1. The predicted molar refractivity (Wildman–Crippen MR) is 153 cm³/mol. The highest BCUT2D eigenvalue weighted by atomic mass is 35.5. The van der Waals surface area contributed by atoms with Crippen LogP contribution in [0.5, 0.6) is 0 Å². The number of hydrogen-bond acceptors (Lipinski definition) is 6. The van der Waals surface area contributed by atoms with Crippen molar-refractivity contribution in [2.24, 2.45) is 0 Å². The first-order valence-electron chi connectivity index (χ1n) is 13.9. The maximum absolute atomic E-state index is 11.3. The zero-order valence-corrected chi connectivity index (χ0v) is 23.5. The highest BCUT2D eigenvalue weighted by Crippen LogP contribution is 2.39. The van der Waals surface area contributed by atoms with Crippen LogP contribution in [-0.2, 0) is 33.0 Å². The van der Waals surface area contributed by atoms with Crippen LogP contribution in [0.4, 0.5) is 0 Å². The van der Waals surface area contributed by atoms with E-state index in [0.717, 1.165) is 47.5 Å². The number of likely N-dealkylation sites (tertiary alicyclic amines) is 1. The molecule has 0 saturated carbocycles. The summed E-state index contributed by atoms with van der Waals surface area (Å²) in [5, 5.41) is 24.3. The normalized spacial score (nSPS) is 23.1. The van der Waals surface area contributed by atoms with E-state index >= 15 is 0 Å². The van der Waals surface area contributed by atoms with Crippen LogP contribution in [0, 0.1) is 0 Å². The maximum Gasteiger partial charge on any atom is 0.217 e. The van der Waals surface area contributed by atoms with Crippen molar-refractivity contribution in [3.63, 3.8) is 0 Å². The van der Waals surface area contributed by atoms with Gasteiger partial charge in [-0.25, -0.2) is 0 Å². The van der Waals surface area contributed by atoms with Crippen LogP contribution < -0.4 is 5.32 Å². The van der Waals surface area contributed by atoms with Crippen molar-refractivity contribution in [3.8, 4) is 0 Å². The van der Waals surface area contributed by atoms with Crippen LogP contribution >= 0.6 is 11.6 Å². The lowest BCUT2D eigenvalue weighted by Crippen LogP contribution is -2.46. The van der Waals surface area contributed by atoms with Gasteiger partial charge in [0.2, 0.25) is 5.91 Å². The number of amides is 1. The second-order valence-electron chi connectivity index (χ2n) is 10.8. The fraction of sp³-hybridized carbons (Fsp3) is 0.406. The Morgan fingerprint density at radius 2 is 1.57 bits per heavy atom. The van der Waals surface area contributed by atoms with Crippen molar-refractivity contribution in [2.45, 2.75) is 63.4 Å². The Hall–Kier alpha value is -2.78. The van der Waals surface area contributed by atoms with Gasteiger partial charge in [0, 0.05) is 50.1 Å². The Morgan fingerprint density at radius 3 is 2.20 bits per heavy atom. The summed E-state index contributed by atoms with van der Waals surface area (Å²) in [6.07, 6.45) is 1.22. The molecule has 0 aliphatic carbocycles. The first-order chi connectivity index (χ1) is 19.3. The molecule has 2 aliphatic heterocycles. The molecule has 3 aromatic rings. The molecule has 0 bridgehead atoms. The third-order valence-corrected chi connectivity index (χ3v) is 8.19. The summed E-state index contributed by atoms with van der Waals surface area (Å²) in [6, 6.07) is 23.3. The molecule has 0 unspecified atom stereocenters. The van der Waals surface area contributed by atoms with Gasteiger partial charge in [-0.15, -0.1) is 0 Å². The van der Waals surface area contributed by atoms with Gasteiger partial charge in [0.05, 0.1) is 24.4 Å². The fourth-order valence-corrected chi connectivity index (χ4v) is 5.62. The smallest absolute Gasteiger partial charge is 0.217 e. The van der Waals surface area contributed by atoms with E-state index < -0.39 is 11.9 Å². The van der Waals surface area contributed by atoms with E-state index in [0.29, 0.717) is 30.8 Å². The Balaban J connectivity index is 1.28. The van der Waals surface area contributed by atoms with Crippen LogP contribution in [0.3, 0.4) is 0 Å². The van der Waals surface area contributed by atoms with Gasteiger partial charge in [-0.3, -0.25) is 4.79 Å². The fourth-order valence-electron chi connectivity index (χ4n) is 5.49. The number of hydrogen-bond donors (Lipinski definition) is 3. The lowest BCUT2D eigenvalue weighted by molar-refractivity contribution is -0.253. The number of rotatable bonds is 8. The molecule has 212 valence electrons. The number of piperidine rings is 1. The lowest BCUT2D eigenvalue weighted by atomic mass is 9.84. The molecule has 2 fully saturated rings. The van der Waals surface area contributed by atoms with Gasteiger partial charge in [-0.05, 0) is 47.2 Å². The molecule has 3 N–H and O–H groups in total. The topological polar surface area (TPSA) is 91.3 Å². The molecule has 40 heavy (non-hydrogen) atoms. The van der Waals surface area contributed by atoms with Gasteiger partial charge < -0.3 is 29.9 Å². The summed E-state index contributed by atoms with van der Waals surface area (Å²) >= 11 is 6.05. The van der Waals surface area contributed by atoms with Crippen LogP contribution in [0.15, 0.2) is 72.8 Å². The number of carbonyl (C=O) groups excluding carboxylic acids is 1. The van der Waals surface area contributed by atoms with E-state index in [1.165, 1.54) is 6.92 Å². The van der Waals surface area contributed by atoms with Crippen molar-refractivity contribution in [1.82, 2.24) is 10.2 Å². The number of aliphatic hydroxyl groups is 2. The van der Waals surface area contributed by atoms with Gasteiger partial charge >= 0.3 is 0 Å². The standard InChI is InChI=1S/C32H37ClN2O5/c1-22(37)34-19-23-2-8-26(9-3-23)31-39-29(18-30(40-31)25-6-4-24(21-36)5-7-25)20-35-16-14-32(38,15-17-35)27-10-12-28(33)13-11-27/h2-13,29-31,36,38H,14-21H2,1H3,(H,34,37)/t29-,30+,31+/m1/s1. The largest absolute Gasteiger partial charge is 0.392 e. The van der Waals surface area contributed by atoms with Crippen molar-refractivity contribution in [2.75, 3.05) is 19.6 Å². The zero-order chi connectivity index (χ0) is 28.1. The molecular formula is C32H37ClN2O5. The third-order valence-electron chi connectivity index (χ3n) is 7.93. The van der Waals surface area contributed by atoms with Crippen molar-refractivity contribution < 1.29 is 24.5 Å². The molecule has 0 radical (unpaired) electrons. The molecular weight excluding hydrogens is 528 g/mol. The Labute approximate surface area is 240 Å². The number of halogens is 1. The molecule has 8 heteroatoms. The highest BCUT2D eigenvalue weighted by Gasteiger charge is 2.37. The molecule has 0 spiro atoms. The van der Waals surface area contributed by atoms with Crippen LogP contribution in [-0.4, -0.2) is 46.8 Å². The zero-order valence-electron chi connectivity index (χ0n) is 22.8. The third kappa shape index (κ3) is 7.10. The van der Waals surface area contributed by atoms with Crippen molar-refractivity contribution in [3.05, 3.63) is 106 Å². The van der Waals surface area contributed by atoms with Gasteiger partial charge in [-0.1, -0.05) is 72.3 Å². The Morgan fingerprint density at radius 1 is 0.950 bits per heavy atom. The van der Waals surface area contributed by atoms with Gasteiger partial charge in [-0.2, -0.15) is 0 Å². The second-order valence-corrected chi connectivity index (χ2v) is 11.3. The summed E-state index contributed by atoms with van der Waals surface area (Å²) in [6.45, 7) is 4.24. The molecule has 0 aromatic heterocycles. The number of ether oxygens (including phenoxy) is 2. The van der Waals surface area contributed by atoms with Gasteiger partial charge in [0.15, 0.2) is 6.29 Å². The van der Waals surface area contributed by atoms with E-state index in [4.69, 9.17) is 21.1 Å². The molecule has 2 heterocycles. The van der Waals surface area contributed by atoms with E-state index in [9.17, 15) is 15.0 Å². The summed E-state index contributed by atoms with van der Waals surface area (Å²) in [7, 11) is 0. The van der Waals surface area contributed by atoms with Crippen molar-refractivity contribution in [1.29, 1.82) is 0 Å². The predicted octanol–water partition coefficient (Wildman–Crippen LogP) is 5.00. The van der Waals surface area contributed by atoms with Crippen LogP contribution in [0.25, 0.3) is 0 Å². The maximum atomic E-state index is 11.3. The quantitative estimate of drug-likeness (QED) is 0.357. The summed E-state index contributed by atoms with van der Waals surface area (Å²) < 4.78 is 13.0. The summed E-state index contributed by atoms with van der Waals surface area (Å²) in [5.41, 5.74) is 3.89. The first-order valence-corrected chi connectivity index (χ1v) is 14.2. The molecule has 2 saturated heterocycles. The van der Waals surface area contributed by atoms with Gasteiger partial charge in [0.25, 0.3) is 0 Å². The van der Waals surface area contributed by atoms with Gasteiger partial charge in [0.1, 0.15) is 0 Å². The van der Waals surface area contributed by atoms with Crippen LogP contribution in [0.2, 0.25) is 5.02 Å². The molecule has 2 aliphatic rings. The number of aliphatic hydroxyl groups excluding tert-OH is 1. The molecule has 3 aromatic carbocycles. The first kappa shape index (κ1) is 28.7. The van der Waals surface area contributed by atoms with Crippen molar-refractivity contribution >= 4 is 17.5 Å². The van der Waals surface area contributed by atoms with E-state index in [2.05, 4.69) is 10.2 Å². The minimum Gasteiger partial charge on any atom is -0.392 e. The monoisotopic (exact) mass is 564 g/mol. The lowest BCUT2D eigenvalue weighted by Gasteiger charge is -2.42. The second kappa shape index (κ2) is 12.8. The van der Waals surface area contributed by atoms with Crippen LogP contribution in [0.1, 0.15) is 66.4 Å². The summed E-state index contributed by atoms with van der Waals surface area (Å²) in [4.78, 5) is 13.6.